The van der Waals surface area contributed by atoms with Crippen molar-refractivity contribution in [2.45, 2.75) is 176 Å². The predicted molar refractivity (Wildman–Crippen MR) is 408 cm³/mol. The van der Waals surface area contributed by atoms with Crippen LogP contribution >= 0.6 is 0 Å². The predicted octanol–water partition coefficient (Wildman–Crippen LogP) is 3.33. The fourth-order valence-electron chi connectivity index (χ4n) is 13.2. The molecule has 3 heterocycles. The number of amides is 9. The summed E-state index contributed by atoms with van der Waals surface area (Å²) in [4.78, 5) is 143. The summed E-state index contributed by atoms with van der Waals surface area (Å²) < 4.78 is 0. The highest BCUT2D eigenvalue weighted by Gasteiger charge is 2.39. The molecule has 9 atom stereocenters. The van der Waals surface area contributed by atoms with Crippen molar-refractivity contribution in [1.29, 1.82) is 0 Å². The number of nitrogens with one attached hydrogen (secondary N) is 11. The van der Waals surface area contributed by atoms with Crippen molar-refractivity contribution in [3.05, 3.63) is 180 Å². The molecule has 0 saturated carbocycles. The van der Waals surface area contributed by atoms with Crippen LogP contribution in [0.1, 0.15) is 130 Å². The number of primary amides is 1. The summed E-state index contributed by atoms with van der Waals surface area (Å²) in [7, 11) is 0. The number of carbonyl (C=O) groups is 9. The second-order valence-corrected chi connectivity index (χ2v) is 26.8. The standard InChI is InChI=1S/C78H106N18O9/c79-38-18-13-30-57(84)71(98)90-62(35-15-20-40-81)73(100)93-66(44-52-47-87-59-32-11-8-28-55(52)59)76(103)95-65(43-51-46-86-58-31-10-7-27-54(51)58)75(102)92-63(36-16-21-41-82)72(99)91-64(37-17-22-42-83)74(101)94-67(45-53-48-88-60-33-12-9-29-56(53)60)77(104)96-69(78(105)89-61(70(85)97)34-14-19-39-80)68(49-23-3-1-4-24-49)50-25-5-2-6-26-50/h1-12,23-29,31-33,46-48,57,61-69,86-88H,13-22,30,34-45,79-84H2,(H2,85,97)(H,89,105)(H,90,98)(H,91,99)(H,92,102)(H,93,100)(H,94,101)(H,95,103)(H,96,104). The Balaban J connectivity index is 1.12. The number of fused-ring (bicyclic) bond motifs is 3. The lowest BCUT2D eigenvalue weighted by Crippen LogP contribution is -2.61. The van der Waals surface area contributed by atoms with E-state index in [0.29, 0.717) is 118 Å². The van der Waals surface area contributed by atoms with E-state index in [4.69, 9.17) is 40.1 Å². The maximum Gasteiger partial charge on any atom is 0.244 e. The van der Waals surface area contributed by atoms with E-state index in [1.54, 1.807) is 18.6 Å². The first kappa shape index (κ1) is 80.4. The molecule has 5 aromatic carbocycles. The second kappa shape index (κ2) is 41.9. The highest BCUT2D eigenvalue weighted by atomic mass is 16.2. The smallest absolute Gasteiger partial charge is 0.244 e. The van der Waals surface area contributed by atoms with E-state index >= 15 is 28.8 Å². The third kappa shape index (κ3) is 23.6. The maximum atomic E-state index is 15.6. The quantitative estimate of drug-likeness (QED) is 0.0243. The van der Waals surface area contributed by atoms with Crippen molar-refractivity contribution in [3.8, 4) is 0 Å². The van der Waals surface area contributed by atoms with Crippen LogP contribution in [0.25, 0.3) is 32.7 Å². The summed E-state index contributed by atoms with van der Waals surface area (Å²) in [6.45, 7) is 1.59. The normalized spacial score (nSPS) is 14.0. The molecule has 9 unspecified atom stereocenters. The fourth-order valence-corrected chi connectivity index (χ4v) is 13.2. The Morgan fingerprint density at radius 1 is 0.305 bits per heavy atom. The molecule has 0 aliphatic carbocycles. The zero-order valence-corrected chi connectivity index (χ0v) is 59.7. The third-order valence-corrected chi connectivity index (χ3v) is 19.1. The van der Waals surface area contributed by atoms with Crippen LogP contribution in [0.3, 0.4) is 0 Å². The van der Waals surface area contributed by atoms with Crippen LogP contribution in [0.4, 0.5) is 0 Å². The van der Waals surface area contributed by atoms with Gasteiger partial charge in [-0.05, 0) is 169 Å². The Kier molecular flexibility index (Phi) is 32.1. The Morgan fingerprint density at radius 2 is 0.581 bits per heavy atom. The van der Waals surface area contributed by atoms with Crippen molar-refractivity contribution in [3.63, 3.8) is 0 Å². The van der Waals surface area contributed by atoms with Crippen LogP contribution in [0.15, 0.2) is 152 Å². The van der Waals surface area contributed by atoms with Crippen molar-refractivity contribution in [1.82, 2.24) is 57.5 Å². The Hall–Kier alpha value is -10.3. The van der Waals surface area contributed by atoms with Crippen molar-refractivity contribution in [2.75, 3.05) is 32.7 Å². The number of nitrogens with two attached hydrogens (primary N) is 7. The number of benzene rings is 5. The largest absolute Gasteiger partial charge is 0.368 e. The highest BCUT2D eigenvalue weighted by molar-refractivity contribution is 6.00. The van der Waals surface area contributed by atoms with Crippen LogP contribution in [0, 0.1) is 0 Å². The molecule has 8 rings (SSSR count). The van der Waals surface area contributed by atoms with E-state index in [1.165, 1.54) is 0 Å². The molecular weight excluding hydrogens is 1330 g/mol. The molecule has 0 aliphatic heterocycles. The molecule has 105 heavy (non-hydrogen) atoms. The topological polar surface area (TPSA) is 479 Å². The molecule has 0 radical (unpaired) electrons. The zero-order valence-electron chi connectivity index (χ0n) is 59.7. The van der Waals surface area contributed by atoms with Crippen LogP contribution in [-0.2, 0) is 62.4 Å². The third-order valence-electron chi connectivity index (χ3n) is 19.1. The summed E-state index contributed by atoms with van der Waals surface area (Å²) in [6, 6.07) is 28.9. The molecular formula is C78H106N18O9. The molecule has 0 spiro atoms. The van der Waals surface area contributed by atoms with Crippen molar-refractivity contribution < 1.29 is 43.2 Å². The molecule has 0 fully saturated rings. The molecule has 27 heteroatoms. The number of para-hydroxylation sites is 3. The van der Waals surface area contributed by atoms with Gasteiger partial charge in [0.2, 0.25) is 53.2 Å². The fraction of sp³-hybridized carbons (Fsp3) is 0.423. The number of aromatic amines is 3. The first-order chi connectivity index (χ1) is 50.9. The average Bonchev–Trinajstić information content (AvgIpc) is 1.81. The van der Waals surface area contributed by atoms with Crippen molar-refractivity contribution >= 4 is 85.9 Å². The van der Waals surface area contributed by atoms with E-state index < -0.39 is 113 Å². The van der Waals surface area contributed by atoms with Gasteiger partial charge in [0, 0.05) is 76.5 Å². The molecule has 8 aromatic rings. The van der Waals surface area contributed by atoms with Gasteiger partial charge in [0.25, 0.3) is 0 Å². The molecule has 0 aliphatic rings. The van der Waals surface area contributed by atoms with Gasteiger partial charge in [-0.1, -0.05) is 122 Å². The minimum absolute atomic E-state index is 0.0232. The Bertz CT molecular complexity index is 4070. The van der Waals surface area contributed by atoms with Gasteiger partial charge < -0.3 is 97.6 Å². The number of carbonyl (C=O) groups excluding carboxylic acids is 9. The van der Waals surface area contributed by atoms with Gasteiger partial charge in [0.15, 0.2) is 0 Å². The van der Waals surface area contributed by atoms with Gasteiger partial charge in [0.1, 0.15) is 48.3 Å². The van der Waals surface area contributed by atoms with Crippen LogP contribution < -0.4 is 82.7 Å². The Morgan fingerprint density at radius 3 is 0.924 bits per heavy atom. The lowest BCUT2D eigenvalue weighted by Gasteiger charge is -2.31. The lowest BCUT2D eigenvalue weighted by molar-refractivity contribution is -0.136. The lowest BCUT2D eigenvalue weighted by atomic mass is 9.84. The van der Waals surface area contributed by atoms with Gasteiger partial charge >= 0.3 is 0 Å². The molecule has 3 aromatic heterocycles. The van der Waals surface area contributed by atoms with Gasteiger partial charge in [-0.15, -0.1) is 0 Å². The zero-order chi connectivity index (χ0) is 75.0. The van der Waals surface area contributed by atoms with Crippen LogP contribution in [0.2, 0.25) is 0 Å². The first-order valence-electron chi connectivity index (χ1n) is 36.7. The summed E-state index contributed by atoms with van der Waals surface area (Å²) in [5.41, 5.74) is 47.2. The molecule has 9 amide bonds. The minimum Gasteiger partial charge on any atom is -0.368 e. The van der Waals surface area contributed by atoms with E-state index in [9.17, 15) is 14.4 Å². The van der Waals surface area contributed by atoms with E-state index in [1.807, 2.05) is 133 Å². The summed E-state index contributed by atoms with van der Waals surface area (Å²) in [5.74, 6) is -7.44. The Labute approximate surface area is 612 Å². The number of rotatable bonds is 46. The number of H-pyrrole nitrogens is 3. The van der Waals surface area contributed by atoms with Crippen LogP contribution in [0.5, 0.6) is 0 Å². The molecule has 0 bridgehead atoms. The highest BCUT2D eigenvalue weighted by Crippen LogP contribution is 2.30. The molecule has 562 valence electrons. The SMILES string of the molecule is NCCCCC(N)C(=O)NC(CCCCN)C(=O)NC(Cc1c[nH]c2ccccc12)C(=O)NC(Cc1c[nH]c2ccccc12)C(=O)NC(CCCCN)C(=O)NC(CCCCN)C(=O)NC(Cc1c[nH]c2ccccc12)C(=O)NC(C(=O)NC(CCCCN)C(N)=O)C(c1ccccc1)c1ccccc1. The molecule has 27 nitrogen and oxygen atoms in total. The van der Waals surface area contributed by atoms with Gasteiger partial charge in [0.05, 0.1) is 6.04 Å². The minimum atomic E-state index is -1.43. The van der Waals surface area contributed by atoms with Crippen LogP contribution in [-0.4, -0.2) is 155 Å². The summed E-state index contributed by atoms with van der Waals surface area (Å²) in [6.07, 6.45) is 10.4. The second-order valence-electron chi connectivity index (χ2n) is 26.8. The summed E-state index contributed by atoms with van der Waals surface area (Å²) in [5, 5.41) is 25.6. The van der Waals surface area contributed by atoms with E-state index in [0.717, 1.165) is 32.7 Å². The molecule has 25 N–H and O–H groups in total. The number of hydrogen-bond donors (Lipinski definition) is 18. The van der Waals surface area contributed by atoms with Gasteiger partial charge in [-0.3, -0.25) is 43.2 Å². The monoisotopic (exact) mass is 1440 g/mol. The van der Waals surface area contributed by atoms with Gasteiger partial charge in [-0.2, -0.15) is 0 Å². The number of aromatic nitrogens is 3. The average molecular weight is 1440 g/mol. The molecule has 0 saturated heterocycles. The summed E-state index contributed by atoms with van der Waals surface area (Å²) >= 11 is 0. The maximum absolute atomic E-state index is 15.6. The van der Waals surface area contributed by atoms with E-state index in [2.05, 4.69) is 57.5 Å². The van der Waals surface area contributed by atoms with E-state index in [-0.39, 0.29) is 58.0 Å². The van der Waals surface area contributed by atoms with Gasteiger partial charge in [-0.25, -0.2) is 0 Å². The first-order valence-corrected chi connectivity index (χ1v) is 36.7. The number of hydrogen-bond acceptors (Lipinski definition) is 15. The van der Waals surface area contributed by atoms with Crippen molar-refractivity contribution in [2.24, 2.45) is 40.1 Å². The number of unbranched alkanes of at least 4 members (excludes halogenated alkanes) is 5.